The van der Waals surface area contributed by atoms with Crippen molar-refractivity contribution in [2.24, 2.45) is 0 Å². The highest BCUT2D eigenvalue weighted by Crippen LogP contribution is 2.40. The lowest BCUT2D eigenvalue weighted by Gasteiger charge is -2.36. The average molecular weight is 567 g/mol. The van der Waals surface area contributed by atoms with Crippen LogP contribution in [0.15, 0.2) is 71.6 Å². The molecule has 0 saturated heterocycles. The van der Waals surface area contributed by atoms with Crippen LogP contribution in [-0.4, -0.2) is 47.2 Å². The average Bonchev–Trinajstić information content (AvgIpc) is 2.93. The van der Waals surface area contributed by atoms with E-state index in [0.29, 0.717) is 23.1 Å². The summed E-state index contributed by atoms with van der Waals surface area (Å²) in [7, 11) is -2.49. The molecule has 1 aliphatic heterocycles. The Balaban J connectivity index is 1.55. The summed E-state index contributed by atoms with van der Waals surface area (Å²) in [5.41, 5.74) is 2.23. The van der Waals surface area contributed by atoms with Gasteiger partial charge in [-0.1, -0.05) is 58.9 Å². The Kier molecular flexibility index (Phi) is 8.63. The predicted octanol–water partition coefficient (Wildman–Crippen LogP) is 5.27. The number of ether oxygens (including phenoxy) is 3. The van der Waals surface area contributed by atoms with Gasteiger partial charge in [0.1, 0.15) is 23.9 Å². The molecule has 1 amide bonds. The van der Waals surface area contributed by atoms with Crippen molar-refractivity contribution in [3.8, 4) is 17.2 Å². The number of hydrogen-bond donors (Lipinski definition) is 1. The second-order valence-corrected chi connectivity index (χ2v) is 12.9. The highest BCUT2D eigenvalue weighted by molar-refractivity contribution is 7.92. The van der Waals surface area contributed by atoms with E-state index in [2.05, 4.69) is 39.9 Å². The van der Waals surface area contributed by atoms with Gasteiger partial charge in [0, 0.05) is 0 Å². The molecule has 8 nitrogen and oxygen atoms in total. The number of methoxy groups -OCH3 is 1. The molecule has 1 atom stereocenters. The summed E-state index contributed by atoms with van der Waals surface area (Å²) in [6, 6.07) is 19.5. The lowest BCUT2D eigenvalue weighted by molar-refractivity contribution is -0.127. The first-order valence-corrected chi connectivity index (χ1v) is 14.8. The number of nitrogens with one attached hydrogen (secondary N) is 1. The second kappa shape index (κ2) is 11.8. The molecule has 40 heavy (non-hydrogen) atoms. The summed E-state index contributed by atoms with van der Waals surface area (Å²) < 4.78 is 46.1. The molecule has 3 aromatic rings. The number of para-hydroxylation sites is 1. The molecule has 0 spiro atoms. The summed E-state index contributed by atoms with van der Waals surface area (Å²) >= 11 is 0. The molecule has 0 aromatic heterocycles. The van der Waals surface area contributed by atoms with Crippen molar-refractivity contribution < 1.29 is 27.4 Å². The number of nitrogens with zero attached hydrogens (tertiary/aromatic N) is 1. The summed E-state index contributed by atoms with van der Waals surface area (Å²) in [5, 5.41) is 2.84. The van der Waals surface area contributed by atoms with Gasteiger partial charge >= 0.3 is 0 Å². The molecule has 0 fully saturated rings. The third-order valence-electron chi connectivity index (χ3n) is 6.83. The number of carbonyl (C=O) groups excluding carboxylic acids is 1. The Labute approximate surface area is 237 Å². The SMILES string of the molecule is COc1ccc(S(=O)(=O)N2CC(C(=O)NCCOc3ccccc3C(C)C)Oc3ccc(C(C)(C)C)cc32)cc1. The number of fused-ring (bicyclic) bond motifs is 1. The number of amides is 1. The number of sulfonamides is 1. The van der Waals surface area contributed by atoms with Gasteiger partial charge in [0.25, 0.3) is 15.9 Å². The maximum atomic E-state index is 13.9. The van der Waals surface area contributed by atoms with Gasteiger partial charge < -0.3 is 19.5 Å². The number of benzene rings is 3. The zero-order chi connectivity index (χ0) is 29.1. The lowest BCUT2D eigenvalue weighted by Crippen LogP contribution is -2.51. The Hall–Kier alpha value is -3.72. The fourth-order valence-electron chi connectivity index (χ4n) is 4.49. The smallest absolute Gasteiger partial charge is 0.264 e. The van der Waals surface area contributed by atoms with Crippen LogP contribution in [0, 0.1) is 0 Å². The molecular formula is C31H38N2O6S. The third kappa shape index (κ3) is 6.36. The van der Waals surface area contributed by atoms with Crippen LogP contribution < -0.4 is 23.8 Å². The van der Waals surface area contributed by atoms with Gasteiger partial charge in [-0.15, -0.1) is 0 Å². The first-order valence-electron chi connectivity index (χ1n) is 13.4. The fraction of sp³-hybridized carbons (Fsp3) is 0.387. The van der Waals surface area contributed by atoms with Crippen molar-refractivity contribution in [3.05, 3.63) is 77.9 Å². The van der Waals surface area contributed by atoms with Gasteiger partial charge in [0.15, 0.2) is 6.10 Å². The van der Waals surface area contributed by atoms with Gasteiger partial charge in [0.2, 0.25) is 0 Å². The monoisotopic (exact) mass is 566 g/mol. The largest absolute Gasteiger partial charge is 0.497 e. The molecule has 1 N–H and O–H groups in total. The van der Waals surface area contributed by atoms with Crippen molar-refractivity contribution in [1.29, 1.82) is 0 Å². The zero-order valence-electron chi connectivity index (χ0n) is 23.9. The van der Waals surface area contributed by atoms with E-state index in [9.17, 15) is 13.2 Å². The molecule has 0 radical (unpaired) electrons. The molecule has 4 rings (SSSR count). The summed E-state index contributed by atoms with van der Waals surface area (Å²) in [6.45, 7) is 10.7. The van der Waals surface area contributed by atoms with E-state index in [4.69, 9.17) is 14.2 Å². The maximum absolute atomic E-state index is 13.9. The minimum atomic E-state index is -4.01. The molecule has 1 heterocycles. The minimum absolute atomic E-state index is 0.0960. The van der Waals surface area contributed by atoms with Crippen LogP contribution in [0.5, 0.6) is 17.2 Å². The van der Waals surface area contributed by atoms with Gasteiger partial charge in [-0.3, -0.25) is 9.10 Å². The first-order chi connectivity index (χ1) is 18.9. The number of carbonyl (C=O) groups is 1. The zero-order valence-corrected chi connectivity index (χ0v) is 24.7. The quantitative estimate of drug-likeness (QED) is 0.355. The molecule has 9 heteroatoms. The van der Waals surface area contributed by atoms with Crippen LogP contribution in [0.25, 0.3) is 0 Å². The van der Waals surface area contributed by atoms with E-state index in [1.807, 2.05) is 36.4 Å². The molecule has 3 aromatic carbocycles. The highest BCUT2D eigenvalue weighted by atomic mass is 32.2. The molecule has 1 aliphatic rings. The van der Waals surface area contributed by atoms with Gasteiger partial charge in [-0.25, -0.2) is 8.42 Å². The van der Waals surface area contributed by atoms with E-state index >= 15 is 0 Å². The van der Waals surface area contributed by atoms with Crippen LogP contribution >= 0.6 is 0 Å². The van der Waals surface area contributed by atoms with Crippen LogP contribution in [0.3, 0.4) is 0 Å². The van der Waals surface area contributed by atoms with Crippen molar-refractivity contribution in [2.75, 3.05) is 31.1 Å². The second-order valence-electron chi connectivity index (χ2n) is 11.1. The molecule has 214 valence electrons. The predicted molar refractivity (Wildman–Crippen MR) is 156 cm³/mol. The summed E-state index contributed by atoms with van der Waals surface area (Å²) in [4.78, 5) is 13.3. The van der Waals surface area contributed by atoms with Crippen molar-refractivity contribution in [3.63, 3.8) is 0 Å². The number of anilines is 1. The van der Waals surface area contributed by atoms with Crippen molar-refractivity contribution in [2.45, 2.75) is 57.0 Å². The lowest BCUT2D eigenvalue weighted by atomic mass is 9.86. The van der Waals surface area contributed by atoms with Crippen LogP contribution in [0.1, 0.15) is 51.7 Å². The topological polar surface area (TPSA) is 94.2 Å². The van der Waals surface area contributed by atoms with Gasteiger partial charge in [0.05, 0.1) is 30.8 Å². The Morgan fingerprint density at radius 1 is 1.07 bits per heavy atom. The Morgan fingerprint density at radius 2 is 1.77 bits per heavy atom. The fourth-order valence-corrected chi connectivity index (χ4v) is 5.96. The van der Waals surface area contributed by atoms with E-state index in [1.165, 1.54) is 23.5 Å². The van der Waals surface area contributed by atoms with Crippen LogP contribution in [0.4, 0.5) is 5.69 Å². The number of hydrogen-bond acceptors (Lipinski definition) is 6. The molecular weight excluding hydrogens is 528 g/mol. The molecule has 0 saturated carbocycles. The van der Waals surface area contributed by atoms with Crippen molar-refractivity contribution >= 4 is 21.6 Å². The molecule has 0 aliphatic carbocycles. The van der Waals surface area contributed by atoms with Crippen molar-refractivity contribution in [1.82, 2.24) is 5.32 Å². The van der Waals surface area contributed by atoms with Crippen LogP contribution in [0.2, 0.25) is 0 Å². The van der Waals surface area contributed by atoms with E-state index in [-0.39, 0.29) is 30.0 Å². The Bertz CT molecular complexity index is 1450. The van der Waals surface area contributed by atoms with E-state index < -0.39 is 22.0 Å². The van der Waals surface area contributed by atoms with Gasteiger partial charge in [-0.05, 0) is 64.9 Å². The van der Waals surface area contributed by atoms with E-state index in [1.54, 1.807) is 18.2 Å². The maximum Gasteiger partial charge on any atom is 0.264 e. The summed E-state index contributed by atoms with van der Waals surface area (Å²) in [6.07, 6.45) is -1.04. The Morgan fingerprint density at radius 3 is 2.42 bits per heavy atom. The first kappa shape index (κ1) is 29.3. The van der Waals surface area contributed by atoms with E-state index in [0.717, 1.165) is 16.9 Å². The molecule has 1 unspecified atom stereocenters. The highest BCUT2D eigenvalue weighted by Gasteiger charge is 2.38. The normalized spacial score (nSPS) is 15.3. The molecule has 0 bridgehead atoms. The minimum Gasteiger partial charge on any atom is -0.497 e. The number of rotatable bonds is 9. The summed E-state index contributed by atoms with van der Waals surface area (Å²) in [5.74, 6) is 1.55. The third-order valence-corrected chi connectivity index (χ3v) is 8.63. The standard InChI is InChI=1S/C31H38N2O6S/c1-21(2)25-9-7-8-10-27(25)38-18-17-32-30(34)29-20-33(40(35,36)24-14-12-23(37-6)13-15-24)26-19-22(31(3,4)5)11-16-28(26)39-29/h7-16,19,21,29H,17-18,20H2,1-6H3,(H,32,34). The van der Waals surface area contributed by atoms with Crippen LogP contribution in [-0.2, 0) is 20.2 Å². The van der Waals surface area contributed by atoms with Gasteiger partial charge in [-0.2, -0.15) is 0 Å².